The molecule has 3 rings (SSSR count). The Hall–Kier alpha value is -3.07. The van der Waals surface area contributed by atoms with Crippen LogP contribution in [0.15, 0.2) is 59.5 Å². The Morgan fingerprint density at radius 3 is 2.24 bits per heavy atom. The molecule has 1 heterocycles. The Bertz CT molecular complexity index is 1120. The zero-order valence-corrected chi connectivity index (χ0v) is 16.6. The second kappa shape index (κ2) is 8.12. The largest absolute Gasteiger partial charge is 0.352 e. The van der Waals surface area contributed by atoms with Crippen LogP contribution < -0.4 is 5.32 Å². The van der Waals surface area contributed by atoms with Gasteiger partial charge >= 0.3 is 0 Å². The molecule has 2 aromatic carbocycles. The molecule has 0 aliphatic carbocycles. The van der Waals surface area contributed by atoms with Crippen molar-refractivity contribution in [2.24, 2.45) is 0 Å². The van der Waals surface area contributed by atoms with Gasteiger partial charge in [-0.3, -0.25) is 4.79 Å². The predicted octanol–water partition coefficient (Wildman–Crippen LogP) is 3.52. The number of halogens is 2. The van der Waals surface area contributed by atoms with Crippen LogP contribution in [0, 0.1) is 0 Å². The van der Waals surface area contributed by atoms with Crippen molar-refractivity contribution in [2.75, 3.05) is 6.26 Å². The number of amides is 1. The molecule has 0 spiro atoms. The molecular formula is C20H19F2N3O3S. The Labute approximate surface area is 167 Å². The SMILES string of the molecule is CC(=O)NCc1ccc(-n2nc(C(F)F)cc2-c2ccc(S(C)(=O)=O)cc2)cc1. The number of carbonyl (C=O) groups excluding carboxylic acids is 1. The van der Waals surface area contributed by atoms with E-state index in [4.69, 9.17) is 0 Å². The van der Waals surface area contributed by atoms with Crippen LogP contribution in [0.2, 0.25) is 0 Å². The second-order valence-corrected chi connectivity index (χ2v) is 8.56. The molecule has 0 bridgehead atoms. The number of hydrogen-bond acceptors (Lipinski definition) is 4. The van der Waals surface area contributed by atoms with Crippen LogP contribution in [-0.2, 0) is 21.2 Å². The van der Waals surface area contributed by atoms with E-state index in [9.17, 15) is 22.0 Å². The summed E-state index contributed by atoms with van der Waals surface area (Å²) >= 11 is 0. The summed E-state index contributed by atoms with van der Waals surface area (Å²) in [5.74, 6) is -0.150. The average Bonchev–Trinajstić information content (AvgIpc) is 3.12. The van der Waals surface area contributed by atoms with Crippen molar-refractivity contribution in [3.05, 3.63) is 65.9 Å². The van der Waals surface area contributed by atoms with Gasteiger partial charge in [0.2, 0.25) is 5.91 Å². The third-order valence-electron chi connectivity index (χ3n) is 4.25. The lowest BCUT2D eigenvalue weighted by Crippen LogP contribution is -2.18. The molecule has 0 saturated carbocycles. The Balaban J connectivity index is 2.00. The normalized spacial score (nSPS) is 11.6. The van der Waals surface area contributed by atoms with E-state index in [1.54, 1.807) is 36.4 Å². The van der Waals surface area contributed by atoms with Gasteiger partial charge in [0, 0.05) is 25.3 Å². The van der Waals surface area contributed by atoms with Crippen LogP contribution in [0.25, 0.3) is 16.9 Å². The Morgan fingerprint density at radius 1 is 1.10 bits per heavy atom. The lowest BCUT2D eigenvalue weighted by molar-refractivity contribution is -0.119. The first-order chi connectivity index (χ1) is 13.6. The van der Waals surface area contributed by atoms with Gasteiger partial charge in [-0.05, 0) is 35.9 Å². The minimum atomic E-state index is -3.36. The molecule has 6 nitrogen and oxygen atoms in total. The summed E-state index contributed by atoms with van der Waals surface area (Å²) in [4.78, 5) is 11.2. The van der Waals surface area contributed by atoms with Crippen LogP contribution in [0.1, 0.15) is 24.6 Å². The van der Waals surface area contributed by atoms with Crippen LogP contribution in [0.3, 0.4) is 0 Å². The van der Waals surface area contributed by atoms with Gasteiger partial charge in [-0.1, -0.05) is 24.3 Å². The molecule has 29 heavy (non-hydrogen) atoms. The molecule has 9 heteroatoms. The highest BCUT2D eigenvalue weighted by Gasteiger charge is 2.18. The van der Waals surface area contributed by atoms with Crippen molar-refractivity contribution >= 4 is 15.7 Å². The van der Waals surface area contributed by atoms with Crippen molar-refractivity contribution < 1.29 is 22.0 Å². The summed E-state index contributed by atoms with van der Waals surface area (Å²) in [5.41, 5.74) is 2.00. The van der Waals surface area contributed by atoms with Gasteiger partial charge in [-0.25, -0.2) is 21.9 Å². The third kappa shape index (κ3) is 4.86. The van der Waals surface area contributed by atoms with Crippen LogP contribution in [0.5, 0.6) is 0 Å². The molecular weight excluding hydrogens is 400 g/mol. The maximum absolute atomic E-state index is 13.3. The lowest BCUT2D eigenvalue weighted by atomic mass is 10.1. The number of benzene rings is 2. The standard InChI is InChI=1S/C20H19F2N3O3S/c1-13(26)23-12-14-3-7-16(8-4-14)25-19(11-18(24-25)20(21)22)15-5-9-17(10-6-15)29(2,27)28/h3-11,20H,12H2,1-2H3,(H,23,26). The second-order valence-electron chi connectivity index (χ2n) is 6.54. The lowest BCUT2D eigenvalue weighted by Gasteiger charge is -2.09. The molecule has 152 valence electrons. The van der Waals surface area contributed by atoms with Gasteiger partial charge in [-0.2, -0.15) is 5.10 Å². The van der Waals surface area contributed by atoms with E-state index < -0.39 is 16.3 Å². The first-order valence-corrected chi connectivity index (χ1v) is 10.6. The molecule has 1 N–H and O–H groups in total. The van der Waals surface area contributed by atoms with Crippen LogP contribution in [-0.4, -0.2) is 30.4 Å². The van der Waals surface area contributed by atoms with Crippen molar-refractivity contribution in [3.8, 4) is 16.9 Å². The molecule has 0 atom stereocenters. The van der Waals surface area contributed by atoms with Crippen LogP contribution in [0.4, 0.5) is 8.78 Å². The first kappa shape index (κ1) is 20.7. The number of aromatic nitrogens is 2. The molecule has 0 saturated heterocycles. The summed E-state index contributed by atoms with van der Waals surface area (Å²) < 4.78 is 51.2. The van der Waals surface area contributed by atoms with Crippen molar-refractivity contribution in [3.63, 3.8) is 0 Å². The summed E-state index contributed by atoms with van der Waals surface area (Å²) in [5, 5.41) is 6.70. The number of nitrogens with zero attached hydrogens (tertiary/aromatic N) is 2. The molecule has 3 aromatic rings. The third-order valence-corrected chi connectivity index (χ3v) is 5.38. The molecule has 0 aliphatic heterocycles. The highest BCUT2D eigenvalue weighted by molar-refractivity contribution is 7.90. The fraction of sp³-hybridized carbons (Fsp3) is 0.200. The van der Waals surface area contributed by atoms with Gasteiger partial charge < -0.3 is 5.32 Å². The maximum atomic E-state index is 13.3. The molecule has 1 aromatic heterocycles. The number of rotatable bonds is 6. The van der Waals surface area contributed by atoms with Gasteiger partial charge in [0.25, 0.3) is 6.43 Å². The van der Waals surface area contributed by atoms with Crippen LogP contribution >= 0.6 is 0 Å². The zero-order chi connectivity index (χ0) is 21.2. The maximum Gasteiger partial charge on any atom is 0.282 e. The number of carbonyl (C=O) groups is 1. The van der Waals surface area contributed by atoms with E-state index in [2.05, 4.69) is 10.4 Å². The van der Waals surface area contributed by atoms with Crippen molar-refractivity contribution in [1.29, 1.82) is 0 Å². The summed E-state index contributed by atoms with van der Waals surface area (Å²) in [6.45, 7) is 1.78. The van der Waals surface area contributed by atoms with E-state index in [0.29, 0.717) is 23.5 Å². The number of sulfone groups is 1. The summed E-state index contributed by atoms with van der Waals surface area (Å²) in [6, 6.07) is 14.2. The average molecular weight is 419 g/mol. The monoisotopic (exact) mass is 419 g/mol. The molecule has 0 unspecified atom stereocenters. The number of nitrogens with one attached hydrogen (secondary N) is 1. The van der Waals surface area contributed by atoms with Gasteiger partial charge in [0.05, 0.1) is 16.3 Å². The summed E-state index contributed by atoms with van der Waals surface area (Å²) in [6.07, 6.45) is -1.65. The fourth-order valence-corrected chi connectivity index (χ4v) is 3.39. The highest BCUT2D eigenvalue weighted by atomic mass is 32.2. The van der Waals surface area contributed by atoms with Crippen molar-refractivity contribution in [1.82, 2.24) is 15.1 Å². The van der Waals surface area contributed by atoms with Crippen molar-refractivity contribution in [2.45, 2.75) is 24.8 Å². The highest BCUT2D eigenvalue weighted by Crippen LogP contribution is 2.29. The number of hydrogen-bond donors (Lipinski definition) is 1. The minimum absolute atomic E-state index is 0.142. The Morgan fingerprint density at radius 2 is 1.72 bits per heavy atom. The van der Waals surface area contributed by atoms with E-state index in [-0.39, 0.29) is 16.5 Å². The molecule has 0 radical (unpaired) electrons. The minimum Gasteiger partial charge on any atom is -0.352 e. The van der Waals surface area contributed by atoms with E-state index in [0.717, 1.165) is 11.8 Å². The van der Waals surface area contributed by atoms with E-state index >= 15 is 0 Å². The summed E-state index contributed by atoms with van der Waals surface area (Å²) in [7, 11) is -3.36. The van der Waals surface area contributed by atoms with Gasteiger partial charge in [0.15, 0.2) is 9.84 Å². The zero-order valence-electron chi connectivity index (χ0n) is 15.8. The molecule has 0 aliphatic rings. The quantitative estimate of drug-likeness (QED) is 0.663. The topological polar surface area (TPSA) is 81.1 Å². The van der Waals surface area contributed by atoms with Gasteiger partial charge in [0.1, 0.15) is 5.69 Å². The smallest absolute Gasteiger partial charge is 0.282 e. The predicted molar refractivity (Wildman–Crippen MR) is 105 cm³/mol. The number of alkyl halides is 2. The fourth-order valence-electron chi connectivity index (χ4n) is 2.76. The Kier molecular flexibility index (Phi) is 5.78. The van der Waals surface area contributed by atoms with E-state index in [1.807, 2.05) is 0 Å². The molecule has 1 amide bonds. The van der Waals surface area contributed by atoms with E-state index in [1.165, 1.54) is 29.8 Å². The first-order valence-electron chi connectivity index (χ1n) is 8.67. The molecule has 0 fully saturated rings. The van der Waals surface area contributed by atoms with Gasteiger partial charge in [-0.15, -0.1) is 0 Å².